The maximum atomic E-state index is 13.1. The van der Waals surface area contributed by atoms with Crippen LogP contribution in [0.15, 0.2) is 55.0 Å². The monoisotopic (exact) mass is 661 g/mol. The number of carbonyl (C=O) groups is 4. The molecule has 1 unspecified atom stereocenters. The van der Waals surface area contributed by atoms with Crippen molar-refractivity contribution in [3.05, 3.63) is 66.1 Å². The summed E-state index contributed by atoms with van der Waals surface area (Å²) in [5.74, 6) is -1.37. The molecule has 252 valence electrons. The molecule has 4 amide bonds. The summed E-state index contributed by atoms with van der Waals surface area (Å²) in [6, 6.07) is 10.9. The molecule has 4 aromatic rings. The molecule has 3 aliphatic heterocycles. The largest absolute Gasteiger partial charge is 0.385 e. The number of likely N-dealkylation sites (N-methyl/N-ethyl adjacent to an activating group) is 1. The van der Waals surface area contributed by atoms with E-state index in [1.165, 1.54) is 5.69 Å². The molecule has 0 spiro atoms. The van der Waals surface area contributed by atoms with Crippen LogP contribution in [0.4, 0.5) is 11.4 Å². The van der Waals surface area contributed by atoms with E-state index in [2.05, 4.69) is 66.6 Å². The molecule has 2 N–H and O–H groups in total. The number of imide groups is 2. The number of piperazine rings is 1. The smallest absolute Gasteiger partial charge is 0.262 e. The number of carbonyl (C=O) groups excluding carboxylic acids is 4. The van der Waals surface area contributed by atoms with Crippen molar-refractivity contribution in [1.82, 2.24) is 34.9 Å². The van der Waals surface area contributed by atoms with Crippen LogP contribution in [-0.2, 0) is 9.59 Å². The van der Waals surface area contributed by atoms with Crippen molar-refractivity contribution in [3.8, 4) is 11.3 Å². The number of amides is 4. The van der Waals surface area contributed by atoms with Gasteiger partial charge in [-0.2, -0.15) is 5.10 Å². The average Bonchev–Trinajstić information content (AvgIpc) is 3.66. The van der Waals surface area contributed by atoms with Crippen molar-refractivity contribution in [1.29, 1.82) is 0 Å². The lowest BCUT2D eigenvalue weighted by atomic mass is 9.77. The molecule has 5 heterocycles. The Bertz CT molecular complexity index is 1960. The van der Waals surface area contributed by atoms with Crippen molar-refractivity contribution >= 4 is 46.0 Å². The molecular weight excluding hydrogens is 622 g/mol. The summed E-state index contributed by atoms with van der Waals surface area (Å²) in [4.78, 5) is 65.3. The van der Waals surface area contributed by atoms with Crippen molar-refractivity contribution in [2.75, 3.05) is 50.0 Å². The SMILES string of the molecule is CN1CCN(c2ccc3ncc(-c4cnn(C5CC(CCCNc6ccc7c(c6)C(=O)N(C6CCC(=O)NC6=O)C7=O)C5)c4)nc3c2)CC1. The molecule has 0 radical (unpaired) electrons. The summed E-state index contributed by atoms with van der Waals surface area (Å²) < 4.78 is 2.07. The minimum atomic E-state index is -0.964. The molecular formula is C36H39N9O4. The van der Waals surface area contributed by atoms with E-state index in [1.54, 1.807) is 18.2 Å². The second-order valence-corrected chi connectivity index (χ2v) is 13.7. The summed E-state index contributed by atoms with van der Waals surface area (Å²) >= 11 is 0. The standard InChI is InChI=1S/C36H39N9O4/c1-42-11-13-43(14-12-42)25-5-7-29-30(18-25)40-31(20-38-29)23-19-39-44(21-23)26-15-22(16-26)3-2-10-37-24-4-6-27-28(17-24)36(49)45(35(27)48)32-8-9-33(46)41-34(32)47/h4-7,17-22,26,32,37H,2-3,8-16H2,1H3,(H,41,46,47). The van der Waals surface area contributed by atoms with Gasteiger partial charge in [0.2, 0.25) is 11.8 Å². The Morgan fingerprint density at radius 2 is 1.73 bits per heavy atom. The van der Waals surface area contributed by atoms with Gasteiger partial charge in [-0.1, -0.05) is 0 Å². The van der Waals surface area contributed by atoms with Crippen molar-refractivity contribution < 1.29 is 19.2 Å². The average molecular weight is 662 g/mol. The van der Waals surface area contributed by atoms with Crippen LogP contribution >= 0.6 is 0 Å². The van der Waals surface area contributed by atoms with E-state index in [0.29, 0.717) is 12.0 Å². The Balaban J connectivity index is 0.817. The van der Waals surface area contributed by atoms with Gasteiger partial charge in [-0.3, -0.25) is 39.1 Å². The normalized spacial score (nSPS) is 22.8. The van der Waals surface area contributed by atoms with Gasteiger partial charge < -0.3 is 15.1 Å². The molecule has 2 aromatic carbocycles. The summed E-state index contributed by atoms with van der Waals surface area (Å²) in [6.07, 6.45) is 10.2. The minimum Gasteiger partial charge on any atom is -0.385 e. The van der Waals surface area contributed by atoms with E-state index in [4.69, 9.17) is 4.98 Å². The molecule has 1 saturated carbocycles. The second-order valence-electron chi connectivity index (χ2n) is 13.7. The van der Waals surface area contributed by atoms with Crippen LogP contribution < -0.4 is 15.5 Å². The van der Waals surface area contributed by atoms with Crippen molar-refractivity contribution in [2.24, 2.45) is 5.92 Å². The second kappa shape index (κ2) is 12.7. The quantitative estimate of drug-likeness (QED) is 0.202. The number of rotatable bonds is 9. The highest BCUT2D eigenvalue weighted by Gasteiger charge is 2.44. The van der Waals surface area contributed by atoms with Crippen LogP contribution in [0.1, 0.15) is 65.3 Å². The number of aromatic nitrogens is 4. The van der Waals surface area contributed by atoms with E-state index < -0.39 is 23.8 Å². The molecule has 13 heteroatoms. The predicted octanol–water partition coefficient (Wildman–Crippen LogP) is 3.49. The van der Waals surface area contributed by atoms with E-state index in [0.717, 1.165) is 91.3 Å². The summed E-state index contributed by atoms with van der Waals surface area (Å²) in [5.41, 5.74) is 6.11. The molecule has 3 fully saturated rings. The van der Waals surface area contributed by atoms with Gasteiger partial charge in [-0.05, 0) is 81.5 Å². The lowest BCUT2D eigenvalue weighted by Crippen LogP contribution is -2.54. The number of fused-ring (bicyclic) bond motifs is 2. The number of benzene rings is 2. The van der Waals surface area contributed by atoms with Crippen molar-refractivity contribution in [3.63, 3.8) is 0 Å². The Hall–Kier alpha value is -5.17. The van der Waals surface area contributed by atoms with Crippen LogP contribution in [0.2, 0.25) is 0 Å². The zero-order valence-corrected chi connectivity index (χ0v) is 27.5. The molecule has 2 saturated heterocycles. The molecule has 0 bridgehead atoms. The zero-order chi connectivity index (χ0) is 33.6. The number of nitrogens with zero attached hydrogens (tertiary/aromatic N) is 7. The topological polar surface area (TPSA) is 146 Å². The number of piperidine rings is 1. The molecule has 49 heavy (non-hydrogen) atoms. The maximum absolute atomic E-state index is 13.1. The van der Waals surface area contributed by atoms with Crippen LogP contribution in [0.3, 0.4) is 0 Å². The van der Waals surface area contributed by atoms with E-state index >= 15 is 0 Å². The summed E-state index contributed by atoms with van der Waals surface area (Å²) in [5, 5.41) is 10.3. The number of anilines is 2. The maximum Gasteiger partial charge on any atom is 0.262 e. The van der Waals surface area contributed by atoms with Gasteiger partial charge in [0.25, 0.3) is 11.8 Å². The molecule has 1 aliphatic carbocycles. The van der Waals surface area contributed by atoms with Gasteiger partial charge in [0.05, 0.1) is 46.3 Å². The third-order valence-electron chi connectivity index (χ3n) is 10.4. The molecule has 13 nitrogen and oxygen atoms in total. The number of hydrogen-bond acceptors (Lipinski definition) is 10. The fraction of sp³-hybridized carbons (Fsp3) is 0.417. The molecule has 4 aliphatic rings. The molecule has 1 atom stereocenters. The highest BCUT2D eigenvalue weighted by atomic mass is 16.2. The lowest BCUT2D eigenvalue weighted by molar-refractivity contribution is -0.136. The summed E-state index contributed by atoms with van der Waals surface area (Å²) in [7, 11) is 2.16. The fourth-order valence-corrected chi connectivity index (χ4v) is 7.43. The number of hydrogen-bond donors (Lipinski definition) is 2. The van der Waals surface area contributed by atoms with E-state index in [-0.39, 0.29) is 29.9 Å². The predicted molar refractivity (Wildman–Crippen MR) is 183 cm³/mol. The first-order valence-electron chi connectivity index (χ1n) is 17.1. The Labute approximate surface area is 283 Å². The first-order valence-corrected chi connectivity index (χ1v) is 17.1. The Kier molecular flexibility index (Phi) is 8.06. The first kappa shape index (κ1) is 31.1. The third-order valence-corrected chi connectivity index (χ3v) is 10.4. The van der Waals surface area contributed by atoms with E-state index in [9.17, 15) is 19.2 Å². The Morgan fingerprint density at radius 3 is 2.55 bits per heavy atom. The van der Waals surface area contributed by atoms with Gasteiger partial charge in [0.15, 0.2) is 0 Å². The minimum absolute atomic E-state index is 0.0975. The van der Waals surface area contributed by atoms with Crippen LogP contribution in [0, 0.1) is 5.92 Å². The van der Waals surface area contributed by atoms with E-state index in [1.807, 2.05) is 12.4 Å². The van der Waals surface area contributed by atoms with Gasteiger partial charge in [0, 0.05) is 62.3 Å². The van der Waals surface area contributed by atoms with Gasteiger partial charge >= 0.3 is 0 Å². The zero-order valence-electron chi connectivity index (χ0n) is 27.5. The molecule has 8 rings (SSSR count). The van der Waals surface area contributed by atoms with Gasteiger partial charge in [-0.15, -0.1) is 0 Å². The lowest BCUT2D eigenvalue weighted by Gasteiger charge is -2.35. The molecule has 2 aromatic heterocycles. The van der Waals surface area contributed by atoms with Gasteiger partial charge in [-0.25, -0.2) is 4.98 Å². The third kappa shape index (κ3) is 6.03. The first-order chi connectivity index (χ1) is 23.8. The number of nitrogens with one attached hydrogen (secondary N) is 2. The Morgan fingerprint density at radius 1 is 0.918 bits per heavy atom. The van der Waals surface area contributed by atoms with Crippen LogP contribution in [0.25, 0.3) is 22.3 Å². The summed E-state index contributed by atoms with van der Waals surface area (Å²) in [6.45, 7) is 4.87. The fourth-order valence-electron chi connectivity index (χ4n) is 7.43. The van der Waals surface area contributed by atoms with Crippen LogP contribution in [0.5, 0.6) is 0 Å². The van der Waals surface area contributed by atoms with Crippen LogP contribution in [-0.4, -0.2) is 99.0 Å². The highest BCUT2D eigenvalue weighted by molar-refractivity contribution is 6.23. The van der Waals surface area contributed by atoms with Crippen molar-refractivity contribution in [2.45, 2.75) is 50.6 Å². The highest BCUT2D eigenvalue weighted by Crippen LogP contribution is 2.40. The van der Waals surface area contributed by atoms with Gasteiger partial charge in [0.1, 0.15) is 6.04 Å².